The first-order chi connectivity index (χ1) is 16.0. The molecule has 2 aromatic carbocycles. The number of allylic oxidation sites excluding steroid dienone is 1. The van der Waals surface area contributed by atoms with E-state index in [4.69, 9.17) is 4.98 Å². The number of nitrogens with one attached hydrogen (secondary N) is 2. The summed E-state index contributed by atoms with van der Waals surface area (Å²) in [6.45, 7) is 5.96. The molecule has 1 aromatic heterocycles. The first-order valence-electron chi connectivity index (χ1n) is 10.9. The molecule has 0 unspecified atom stereocenters. The average molecular weight is 457 g/mol. The lowest BCUT2D eigenvalue weighted by atomic mass is 10.1. The Morgan fingerprint density at radius 3 is 2.48 bits per heavy atom. The molecule has 2 N–H and O–H groups in total. The molecule has 0 radical (unpaired) electrons. The van der Waals surface area contributed by atoms with Gasteiger partial charge in [-0.1, -0.05) is 17.7 Å². The van der Waals surface area contributed by atoms with Crippen LogP contribution in [0.3, 0.4) is 0 Å². The lowest BCUT2D eigenvalue weighted by molar-refractivity contribution is 0.102. The number of nitrogens with zero attached hydrogens (tertiary/aromatic N) is 4. The van der Waals surface area contributed by atoms with Crippen molar-refractivity contribution in [3.05, 3.63) is 77.5 Å². The molecule has 0 atom stereocenters. The second-order valence-corrected chi connectivity index (χ2v) is 9.13. The van der Waals surface area contributed by atoms with E-state index in [0.29, 0.717) is 10.7 Å². The quantitative estimate of drug-likeness (QED) is 0.501. The maximum Gasteiger partial charge on any atom is 0.255 e. The molecule has 166 valence electrons. The highest BCUT2D eigenvalue weighted by Gasteiger charge is 2.19. The summed E-state index contributed by atoms with van der Waals surface area (Å²) in [4.78, 5) is 29.5. The summed E-state index contributed by atoms with van der Waals surface area (Å²) in [6, 6.07) is 17.2. The molecular weight excluding hydrogens is 432 g/mol. The van der Waals surface area contributed by atoms with Gasteiger partial charge in [0.05, 0.1) is 0 Å². The number of anilines is 3. The van der Waals surface area contributed by atoms with Crippen molar-refractivity contribution in [2.24, 2.45) is 4.99 Å². The SMILES string of the molecule is CC1=CC(Nc2cc(N3CCC3)nc(Sc3ccc(NC(=O)c4cccc(C)c4)cc3)n2)=N1. The topological polar surface area (TPSA) is 82.5 Å². The maximum absolute atomic E-state index is 12.5. The van der Waals surface area contributed by atoms with Crippen LogP contribution in [0.4, 0.5) is 17.3 Å². The highest BCUT2D eigenvalue weighted by atomic mass is 32.2. The van der Waals surface area contributed by atoms with Gasteiger partial charge in [-0.2, -0.15) is 0 Å². The number of amidine groups is 1. The fourth-order valence-electron chi connectivity index (χ4n) is 3.51. The van der Waals surface area contributed by atoms with Gasteiger partial charge in [0.15, 0.2) is 5.16 Å². The van der Waals surface area contributed by atoms with Crippen molar-refractivity contribution >= 4 is 40.8 Å². The van der Waals surface area contributed by atoms with Crippen LogP contribution in [0.2, 0.25) is 0 Å². The van der Waals surface area contributed by atoms with Gasteiger partial charge in [0.1, 0.15) is 17.5 Å². The Bertz CT molecular complexity index is 1260. The van der Waals surface area contributed by atoms with Crippen molar-refractivity contribution in [3.63, 3.8) is 0 Å². The molecule has 5 rings (SSSR count). The molecule has 2 aliphatic heterocycles. The standard InChI is InChI=1S/C25H24N6OS/c1-16-5-3-6-18(13-16)24(32)27-19-7-9-20(10-8-19)33-25-29-22(28-21-14-17(2)26-21)15-23(30-25)31-11-4-12-31/h3,5-10,13-15H,4,11-12H2,1-2H3,(H,27,32)(H,26,28,29,30). The molecule has 0 aliphatic carbocycles. The lowest BCUT2D eigenvalue weighted by Gasteiger charge is -2.32. The number of carbonyl (C=O) groups excluding carboxylic acids is 1. The van der Waals surface area contributed by atoms with Gasteiger partial charge >= 0.3 is 0 Å². The van der Waals surface area contributed by atoms with Crippen molar-refractivity contribution in [2.45, 2.75) is 30.3 Å². The summed E-state index contributed by atoms with van der Waals surface area (Å²) in [5.41, 5.74) is 3.44. The Balaban J connectivity index is 1.29. The fraction of sp³-hybridized carbons (Fsp3) is 0.200. The molecule has 2 aliphatic rings. The van der Waals surface area contributed by atoms with Crippen molar-refractivity contribution in [2.75, 3.05) is 28.6 Å². The van der Waals surface area contributed by atoms with Crippen molar-refractivity contribution < 1.29 is 4.79 Å². The molecule has 3 aromatic rings. The van der Waals surface area contributed by atoms with E-state index in [1.54, 1.807) is 0 Å². The van der Waals surface area contributed by atoms with Crippen molar-refractivity contribution in [1.82, 2.24) is 9.97 Å². The lowest BCUT2D eigenvalue weighted by Crippen LogP contribution is -2.37. The zero-order valence-corrected chi connectivity index (χ0v) is 19.3. The van der Waals surface area contributed by atoms with Gasteiger partial charge in [0.2, 0.25) is 0 Å². The summed E-state index contributed by atoms with van der Waals surface area (Å²) >= 11 is 1.49. The van der Waals surface area contributed by atoms with Crippen LogP contribution in [0.1, 0.15) is 29.3 Å². The first kappa shape index (κ1) is 21.2. The highest BCUT2D eigenvalue weighted by molar-refractivity contribution is 7.99. The van der Waals surface area contributed by atoms with Gasteiger partial charge in [0.25, 0.3) is 5.91 Å². The molecular formula is C25H24N6OS. The third kappa shape index (κ3) is 5.06. The van der Waals surface area contributed by atoms with E-state index >= 15 is 0 Å². The summed E-state index contributed by atoms with van der Waals surface area (Å²) in [5, 5.41) is 6.88. The van der Waals surface area contributed by atoms with Crippen LogP contribution in [0, 0.1) is 6.92 Å². The van der Waals surface area contributed by atoms with Gasteiger partial charge in [-0.3, -0.25) is 4.79 Å². The minimum absolute atomic E-state index is 0.122. The number of amides is 1. The number of hydrogen-bond acceptors (Lipinski definition) is 7. The van der Waals surface area contributed by atoms with E-state index in [2.05, 4.69) is 25.5 Å². The van der Waals surface area contributed by atoms with Crippen molar-refractivity contribution in [1.29, 1.82) is 0 Å². The van der Waals surface area contributed by atoms with Crippen LogP contribution >= 0.6 is 11.8 Å². The van der Waals surface area contributed by atoms with Crippen molar-refractivity contribution in [3.8, 4) is 0 Å². The second kappa shape index (κ2) is 9.07. The highest BCUT2D eigenvalue weighted by Crippen LogP contribution is 2.30. The zero-order chi connectivity index (χ0) is 22.8. The van der Waals surface area contributed by atoms with Gasteiger partial charge in [0, 0.05) is 47.1 Å². The minimum atomic E-state index is -0.122. The smallest absolute Gasteiger partial charge is 0.255 e. The molecule has 0 saturated carbocycles. The number of hydrogen-bond donors (Lipinski definition) is 2. The number of rotatable bonds is 6. The largest absolute Gasteiger partial charge is 0.356 e. The van der Waals surface area contributed by atoms with Gasteiger partial charge < -0.3 is 15.5 Å². The Kier molecular flexibility index (Phi) is 5.83. The van der Waals surface area contributed by atoms with E-state index in [0.717, 1.165) is 52.4 Å². The minimum Gasteiger partial charge on any atom is -0.356 e. The maximum atomic E-state index is 12.5. The normalized spacial score (nSPS) is 14.5. The second-order valence-electron chi connectivity index (χ2n) is 8.09. The molecule has 0 spiro atoms. The van der Waals surface area contributed by atoms with E-state index in [1.807, 2.05) is 74.5 Å². The molecule has 33 heavy (non-hydrogen) atoms. The van der Waals surface area contributed by atoms with Crippen LogP contribution < -0.4 is 15.5 Å². The molecule has 8 heteroatoms. The predicted molar refractivity (Wildman–Crippen MR) is 133 cm³/mol. The summed E-state index contributed by atoms with van der Waals surface area (Å²) in [7, 11) is 0. The fourth-order valence-corrected chi connectivity index (χ4v) is 4.28. The summed E-state index contributed by atoms with van der Waals surface area (Å²) < 4.78 is 0. The van der Waals surface area contributed by atoms with E-state index < -0.39 is 0 Å². The molecule has 1 fully saturated rings. The van der Waals surface area contributed by atoms with Crippen LogP contribution in [0.25, 0.3) is 0 Å². The summed E-state index contributed by atoms with van der Waals surface area (Å²) in [6.07, 6.45) is 3.17. The molecule has 1 amide bonds. The van der Waals surface area contributed by atoms with E-state index in [1.165, 1.54) is 18.2 Å². The van der Waals surface area contributed by atoms with Crippen LogP contribution in [-0.4, -0.2) is 34.8 Å². The van der Waals surface area contributed by atoms with Crippen LogP contribution in [0.15, 0.2) is 81.4 Å². The molecule has 7 nitrogen and oxygen atoms in total. The van der Waals surface area contributed by atoms with E-state index in [9.17, 15) is 4.79 Å². The Hall–Kier alpha value is -3.65. The summed E-state index contributed by atoms with van der Waals surface area (Å²) in [5.74, 6) is 2.34. The Morgan fingerprint density at radius 1 is 1.03 bits per heavy atom. The number of aryl methyl sites for hydroxylation is 1. The number of carbonyl (C=O) groups is 1. The molecule has 1 saturated heterocycles. The average Bonchev–Trinajstić information content (AvgIpc) is 2.73. The number of benzene rings is 2. The Labute approximate surface area is 197 Å². The van der Waals surface area contributed by atoms with Gasteiger partial charge in [-0.05, 0) is 68.4 Å². The third-order valence-corrected chi connectivity index (χ3v) is 6.25. The molecule has 0 bridgehead atoms. The first-order valence-corrected chi connectivity index (χ1v) is 11.7. The van der Waals surface area contributed by atoms with Gasteiger partial charge in [-0.25, -0.2) is 15.0 Å². The van der Waals surface area contributed by atoms with Gasteiger partial charge in [-0.15, -0.1) is 0 Å². The predicted octanol–water partition coefficient (Wildman–Crippen LogP) is 5.13. The van der Waals surface area contributed by atoms with Crippen LogP contribution in [-0.2, 0) is 0 Å². The monoisotopic (exact) mass is 456 g/mol. The van der Waals surface area contributed by atoms with Crippen LogP contribution in [0.5, 0.6) is 0 Å². The Morgan fingerprint density at radius 2 is 1.82 bits per heavy atom. The number of aromatic nitrogens is 2. The zero-order valence-electron chi connectivity index (χ0n) is 18.5. The number of aliphatic imine (C=N–C) groups is 1. The molecule has 3 heterocycles. The van der Waals surface area contributed by atoms with E-state index in [-0.39, 0.29) is 5.91 Å². The third-order valence-electron chi connectivity index (χ3n) is 5.37.